The fourth-order valence-corrected chi connectivity index (χ4v) is 2.41. The number of amides is 1. The van der Waals surface area contributed by atoms with Crippen molar-refractivity contribution in [2.45, 2.75) is 32.9 Å². The largest absolute Gasteiger partial charge is 0.354 e. The maximum Gasteiger partial charge on any atom is 0.333 e. The fourth-order valence-electron chi connectivity index (χ4n) is 2.41. The number of aromatic nitrogens is 2. The number of alkyl halides is 2. The van der Waals surface area contributed by atoms with Gasteiger partial charge < -0.3 is 11.1 Å². The normalized spacial score (nSPS) is 11.9. The number of benzene rings is 1. The van der Waals surface area contributed by atoms with Crippen LogP contribution in [0.2, 0.25) is 0 Å². The average molecular weight is 359 g/mol. The van der Waals surface area contributed by atoms with Crippen molar-refractivity contribution < 1.29 is 13.6 Å². The Kier molecular flexibility index (Phi) is 7.31. The van der Waals surface area contributed by atoms with Crippen LogP contribution >= 0.6 is 12.4 Å². The monoisotopic (exact) mass is 358 g/mol. The molecule has 0 aliphatic rings. The molecule has 24 heavy (non-hydrogen) atoms. The van der Waals surface area contributed by atoms with Crippen molar-refractivity contribution in [3.05, 3.63) is 52.8 Å². The second-order valence-electron chi connectivity index (χ2n) is 5.37. The third kappa shape index (κ3) is 4.75. The van der Waals surface area contributed by atoms with Gasteiger partial charge in [-0.2, -0.15) is 13.9 Å². The first-order chi connectivity index (χ1) is 10.9. The minimum absolute atomic E-state index is 0. The number of hydrogen-bond donors (Lipinski definition) is 2. The van der Waals surface area contributed by atoms with E-state index in [0.717, 1.165) is 5.56 Å². The van der Waals surface area contributed by atoms with E-state index in [9.17, 15) is 13.6 Å². The van der Waals surface area contributed by atoms with Crippen LogP contribution in [0.1, 0.15) is 35.1 Å². The van der Waals surface area contributed by atoms with Crippen LogP contribution < -0.4 is 11.1 Å². The number of rotatable bonds is 6. The van der Waals surface area contributed by atoms with Crippen molar-refractivity contribution in [1.82, 2.24) is 15.1 Å². The minimum atomic E-state index is -2.71. The summed E-state index contributed by atoms with van der Waals surface area (Å²) in [6.07, 6.45) is 0.00585. The number of carbonyl (C=O) groups excluding carboxylic acids is 1. The molecule has 2 rings (SSSR count). The molecule has 0 aliphatic carbocycles. The first kappa shape index (κ1) is 20.1. The zero-order chi connectivity index (χ0) is 17.0. The molecule has 132 valence electrons. The second kappa shape index (κ2) is 8.75. The van der Waals surface area contributed by atoms with E-state index in [4.69, 9.17) is 5.73 Å². The van der Waals surface area contributed by atoms with E-state index in [0.29, 0.717) is 21.6 Å². The molecule has 0 saturated heterocycles. The zero-order valence-corrected chi connectivity index (χ0v) is 14.3. The highest BCUT2D eigenvalue weighted by molar-refractivity contribution is 5.85. The summed E-state index contributed by atoms with van der Waals surface area (Å²) < 4.78 is 26.2. The van der Waals surface area contributed by atoms with Crippen molar-refractivity contribution >= 4 is 18.3 Å². The molecule has 1 heterocycles. The number of aryl methyl sites for hydroxylation is 1. The minimum Gasteiger partial charge on any atom is -0.354 e. The fraction of sp³-hybridized carbons (Fsp3) is 0.375. The molecule has 0 saturated carbocycles. The topological polar surface area (TPSA) is 72.9 Å². The van der Waals surface area contributed by atoms with E-state index in [1.54, 1.807) is 6.92 Å². The van der Waals surface area contributed by atoms with Crippen LogP contribution in [0.25, 0.3) is 0 Å². The second-order valence-corrected chi connectivity index (χ2v) is 5.37. The number of nitrogens with zero attached hydrogens (tertiary/aromatic N) is 2. The highest BCUT2D eigenvalue weighted by atomic mass is 35.5. The molecule has 3 N–H and O–H groups in total. The highest BCUT2D eigenvalue weighted by Gasteiger charge is 2.19. The third-order valence-electron chi connectivity index (χ3n) is 3.74. The van der Waals surface area contributed by atoms with E-state index in [-0.39, 0.29) is 37.3 Å². The van der Waals surface area contributed by atoms with Gasteiger partial charge in [-0.3, -0.25) is 4.79 Å². The smallest absolute Gasteiger partial charge is 0.333 e. The average Bonchev–Trinajstić information content (AvgIpc) is 2.81. The molecule has 5 nitrogen and oxygen atoms in total. The van der Waals surface area contributed by atoms with E-state index in [1.165, 1.54) is 6.92 Å². The van der Waals surface area contributed by atoms with Crippen molar-refractivity contribution in [2.24, 2.45) is 5.73 Å². The van der Waals surface area contributed by atoms with Gasteiger partial charge in [0, 0.05) is 23.8 Å². The molecule has 1 atom stereocenters. The summed E-state index contributed by atoms with van der Waals surface area (Å²) in [7, 11) is 0. The summed E-state index contributed by atoms with van der Waals surface area (Å²) in [5, 5.41) is 6.50. The van der Waals surface area contributed by atoms with Gasteiger partial charge in [0.05, 0.1) is 12.1 Å². The van der Waals surface area contributed by atoms with Crippen molar-refractivity contribution in [3.63, 3.8) is 0 Å². The highest BCUT2D eigenvalue weighted by Crippen LogP contribution is 2.19. The molecule has 1 aromatic heterocycles. The molecule has 0 bridgehead atoms. The van der Waals surface area contributed by atoms with Crippen molar-refractivity contribution in [3.8, 4) is 0 Å². The summed E-state index contributed by atoms with van der Waals surface area (Å²) in [6.45, 7) is 0.718. The Bertz CT molecular complexity index is 676. The lowest BCUT2D eigenvalue weighted by molar-refractivity contribution is -0.120. The summed E-state index contributed by atoms with van der Waals surface area (Å²) in [5.41, 5.74) is 8.20. The summed E-state index contributed by atoms with van der Waals surface area (Å²) in [5.74, 6) is -0.267. The molecule has 0 spiro atoms. The SMILES string of the molecule is Cc1nn(C(F)F)c(C)c1CC(=O)NCC(N)c1ccccc1.Cl. The van der Waals surface area contributed by atoms with Crippen LogP contribution in [-0.2, 0) is 11.2 Å². The van der Waals surface area contributed by atoms with Crippen LogP contribution in [0.4, 0.5) is 8.78 Å². The number of nitrogens with two attached hydrogens (primary N) is 1. The predicted octanol–water partition coefficient (Wildman–Crippen LogP) is 2.68. The van der Waals surface area contributed by atoms with Gasteiger partial charge in [-0.15, -0.1) is 12.4 Å². The Hall–Kier alpha value is -1.99. The molecule has 1 unspecified atom stereocenters. The quantitative estimate of drug-likeness (QED) is 0.833. The lowest BCUT2D eigenvalue weighted by atomic mass is 10.1. The molecule has 0 fully saturated rings. The third-order valence-corrected chi connectivity index (χ3v) is 3.74. The first-order valence-electron chi connectivity index (χ1n) is 7.30. The van der Waals surface area contributed by atoms with Gasteiger partial charge in [-0.1, -0.05) is 30.3 Å². The van der Waals surface area contributed by atoms with Gasteiger partial charge in [0.25, 0.3) is 0 Å². The van der Waals surface area contributed by atoms with Gasteiger partial charge >= 0.3 is 6.55 Å². The van der Waals surface area contributed by atoms with Crippen LogP contribution in [0.3, 0.4) is 0 Å². The van der Waals surface area contributed by atoms with Gasteiger partial charge in [-0.05, 0) is 19.4 Å². The maximum absolute atomic E-state index is 12.8. The predicted molar refractivity (Wildman–Crippen MR) is 90.3 cm³/mol. The molecular weight excluding hydrogens is 338 g/mol. The zero-order valence-electron chi connectivity index (χ0n) is 13.5. The van der Waals surface area contributed by atoms with Crippen LogP contribution in [-0.4, -0.2) is 22.2 Å². The van der Waals surface area contributed by atoms with Crippen LogP contribution in [0.15, 0.2) is 30.3 Å². The lowest BCUT2D eigenvalue weighted by Crippen LogP contribution is -2.33. The number of halogens is 3. The Morgan fingerprint density at radius 1 is 1.29 bits per heavy atom. The standard InChI is InChI=1S/C16H20F2N4O.ClH/c1-10-13(11(2)22(21-10)16(17)18)8-15(23)20-9-14(19)12-6-4-3-5-7-12;/h3-7,14,16H,8-9,19H2,1-2H3,(H,20,23);1H. The molecule has 0 radical (unpaired) electrons. The number of nitrogens with one attached hydrogen (secondary N) is 1. The van der Waals surface area contributed by atoms with Crippen molar-refractivity contribution in [2.75, 3.05) is 6.54 Å². The van der Waals surface area contributed by atoms with Gasteiger partial charge in [0.1, 0.15) is 0 Å². The van der Waals surface area contributed by atoms with E-state index in [1.807, 2.05) is 30.3 Å². The molecular formula is C16H21ClF2N4O. The molecule has 1 aromatic carbocycles. The summed E-state index contributed by atoms with van der Waals surface area (Å²) in [4.78, 5) is 12.0. The first-order valence-corrected chi connectivity index (χ1v) is 7.30. The lowest BCUT2D eigenvalue weighted by Gasteiger charge is -2.13. The maximum atomic E-state index is 12.8. The van der Waals surface area contributed by atoms with Crippen molar-refractivity contribution in [1.29, 1.82) is 0 Å². The van der Waals surface area contributed by atoms with Crippen LogP contribution in [0.5, 0.6) is 0 Å². The summed E-state index contributed by atoms with van der Waals surface area (Å²) >= 11 is 0. The molecule has 8 heteroatoms. The molecule has 2 aromatic rings. The van der Waals surface area contributed by atoms with E-state index in [2.05, 4.69) is 10.4 Å². The van der Waals surface area contributed by atoms with Crippen LogP contribution in [0, 0.1) is 13.8 Å². The Morgan fingerprint density at radius 2 is 1.92 bits per heavy atom. The molecule has 1 amide bonds. The van der Waals surface area contributed by atoms with E-state index >= 15 is 0 Å². The Morgan fingerprint density at radius 3 is 2.46 bits per heavy atom. The van der Waals surface area contributed by atoms with Gasteiger partial charge in [-0.25, -0.2) is 4.68 Å². The summed E-state index contributed by atoms with van der Waals surface area (Å²) in [6, 6.07) is 9.10. The Balaban J connectivity index is 0.00000288. The molecule has 0 aliphatic heterocycles. The number of hydrogen-bond acceptors (Lipinski definition) is 3. The van der Waals surface area contributed by atoms with E-state index < -0.39 is 6.55 Å². The Labute approximate surface area is 145 Å². The van der Waals surface area contributed by atoms with Gasteiger partial charge in [0.15, 0.2) is 0 Å². The number of carbonyl (C=O) groups is 1. The van der Waals surface area contributed by atoms with Gasteiger partial charge in [0.2, 0.25) is 5.91 Å².